The van der Waals surface area contributed by atoms with E-state index in [4.69, 9.17) is 21.1 Å². The molecule has 0 unspecified atom stereocenters. The Balaban J connectivity index is 0.000000130. The van der Waals surface area contributed by atoms with Crippen molar-refractivity contribution in [1.82, 2.24) is 103 Å². The molecule has 15 rings (SSSR count). The van der Waals surface area contributed by atoms with Crippen molar-refractivity contribution < 1.29 is 23.9 Å². The second-order valence-corrected chi connectivity index (χ2v) is 22.8. The fourth-order valence-electron chi connectivity index (χ4n) is 9.49. The molecule has 5 heterocycles. The average Bonchev–Trinajstić information content (AvgIpc) is 1.76. The lowest BCUT2D eigenvalue weighted by atomic mass is 10.1. The minimum atomic E-state index is -0.298. The van der Waals surface area contributed by atoms with Gasteiger partial charge in [-0.1, -0.05) is 138 Å². The van der Waals surface area contributed by atoms with Gasteiger partial charge < -0.3 is 30.7 Å². The molecule has 9 N–H and O–H groups in total. The Bertz CT molecular complexity index is 5000. The minimum Gasteiger partial charge on any atom is -0.494 e. The number of anilines is 4. The molecule has 10 aromatic carbocycles. The number of halogens is 1. The quantitative estimate of drug-likeness (QED) is 0.0340. The maximum atomic E-state index is 12.2. The molecule has 0 saturated carbocycles. The van der Waals surface area contributed by atoms with Gasteiger partial charge in [-0.05, 0) is 203 Å². The van der Waals surface area contributed by atoms with Gasteiger partial charge in [0.25, 0.3) is 11.8 Å². The molecule has 0 bridgehead atoms. The molecule has 5 aromatic heterocycles. The van der Waals surface area contributed by atoms with Crippen LogP contribution in [0.2, 0.25) is 5.02 Å². The third-order valence-electron chi connectivity index (χ3n) is 14.8. The first kappa shape index (κ1) is 71.0. The molecule has 0 spiro atoms. The summed E-state index contributed by atoms with van der Waals surface area (Å²) in [5, 5.41) is 80.3. The van der Waals surface area contributed by atoms with Gasteiger partial charge in [0.2, 0.25) is 29.1 Å². The van der Waals surface area contributed by atoms with E-state index >= 15 is 0 Å². The third-order valence-corrected chi connectivity index (χ3v) is 15.2. The topological polar surface area (TPSA) is 390 Å². The van der Waals surface area contributed by atoms with E-state index in [-0.39, 0.29) is 17.8 Å². The number of H-pyrrole nitrogens is 5. The number of nitrogens with zero attached hydrogens (tertiary/aromatic N) is 15. The van der Waals surface area contributed by atoms with Crippen molar-refractivity contribution in [2.75, 3.05) is 27.9 Å². The van der Waals surface area contributed by atoms with Crippen molar-refractivity contribution in [1.29, 1.82) is 0 Å². The molecule has 0 aliphatic heterocycles. The summed E-state index contributed by atoms with van der Waals surface area (Å²) in [6, 6.07) is 79.0. The fourth-order valence-corrected chi connectivity index (χ4v) is 9.77. The number of ether oxygens (including phenoxy) is 2. The lowest BCUT2D eigenvalue weighted by Gasteiger charge is -2.08. The van der Waals surface area contributed by atoms with Crippen LogP contribution in [0.15, 0.2) is 255 Å². The van der Waals surface area contributed by atoms with E-state index < -0.39 is 0 Å². The molecule has 0 atom stereocenters. The number of nitrogens with one attached hydrogen (secondary N) is 9. The summed E-state index contributed by atoms with van der Waals surface area (Å²) in [5.41, 5.74) is 12.7. The van der Waals surface area contributed by atoms with Gasteiger partial charge in [0.15, 0.2) is 0 Å². The summed E-state index contributed by atoms with van der Waals surface area (Å²) in [4.78, 5) is 36.2. The number of aromatic nitrogens is 20. The zero-order valence-electron chi connectivity index (χ0n) is 55.7. The third kappa shape index (κ3) is 21.8. The van der Waals surface area contributed by atoms with Gasteiger partial charge in [-0.2, -0.15) is 26.1 Å². The summed E-state index contributed by atoms with van der Waals surface area (Å²) < 4.78 is 11.4. The van der Waals surface area contributed by atoms with Gasteiger partial charge >= 0.3 is 6.03 Å². The molecule has 29 nitrogen and oxygen atoms in total. The highest BCUT2D eigenvalue weighted by Crippen LogP contribution is 2.26. The maximum absolute atomic E-state index is 12.2. The standard InChI is InChI=1S/C16H16N4O.C15H12ClN5O.C15H13N5O.C14H12N6O.C14H12N4O/c1-2-5-13(6-3-1)7-4-12-21-15-10-8-14(9-11-15)16-17-19-20-18-16;1-9-2-7-13(12(16)8-9)17-15(22)11-5-3-10(4-6-11)14-18-20-21-19-14;1-10-2-8-13(9-3-10)16-15(21)12-6-4-11(5-7-12)14-17-19-20-18-14;21-14(15-11-4-2-1-3-5-11)16-12-8-6-10(7-9-12)13-17-19-20-18-13;1-2-4-11(5-3-1)10-19-13-8-6-12(7-9-13)14-15-17-18-16-14/h1-3,5-6,8-11H,4,7,12H2,(H,17,18,19,20);2-8H,1H3,(H,17,22)(H,18,19,20,21);2-9H,1H3,(H,16,21)(H,17,18,19,20);1-9H,(H2,15,16,21)(H,17,18,19,20);1-9H,10H2,(H,15,16,17,18). The van der Waals surface area contributed by atoms with Crippen molar-refractivity contribution >= 4 is 52.2 Å². The molecular formula is C74H65ClN24O5. The van der Waals surface area contributed by atoms with Gasteiger partial charge in [0, 0.05) is 56.0 Å². The van der Waals surface area contributed by atoms with E-state index in [0.29, 0.717) is 69.9 Å². The summed E-state index contributed by atoms with van der Waals surface area (Å²) in [6.07, 6.45) is 2.03. The molecule has 15 aromatic rings. The lowest BCUT2D eigenvalue weighted by Crippen LogP contribution is -2.19. The average molecular weight is 1410 g/mol. The number of aryl methyl sites for hydroxylation is 3. The SMILES string of the molecule is Cc1ccc(NC(=O)c2ccc(-c3nn[nH]n3)cc2)c(Cl)c1.Cc1ccc(NC(=O)c2ccc(-c3nn[nH]n3)cc2)cc1.O=C(Nc1ccccc1)Nc1ccc(-c2nn[nH]n2)cc1.c1ccc(CCCOc2ccc(-c3nn[nH]n3)cc2)cc1.c1ccc(COc2ccc(-c3nn[nH]n3)cc2)cc1. The Kier molecular flexibility index (Phi) is 25.3. The summed E-state index contributed by atoms with van der Waals surface area (Å²) in [7, 11) is 0. The number of benzene rings is 10. The Morgan fingerprint density at radius 2 is 0.721 bits per heavy atom. The van der Waals surface area contributed by atoms with Crippen LogP contribution < -0.4 is 30.7 Å². The van der Waals surface area contributed by atoms with Gasteiger partial charge in [0.1, 0.15) is 18.1 Å². The van der Waals surface area contributed by atoms with Gasteiger partial charge in [-0.25, -0.2) is 4.79 Å². The number of amides is 4. The first-order chi connectivity index (χ1) is 51.0. The van der Waals surface area contributed by atoms with E-state index in [1.165, 1.54) is 5.56 Å². The number of rotatable bonds is 19. The lowest BCUT2D eigenvalue weighted by molar-refractivity contribution is 0.101. The highest BCUT2D eigenvalue weighted by Gasteiger charge is 2.13. The molecule has 0 radical (unpaired) electrons. The number of tetrazole rings is 5. The van der Waals surface area contributed by atoms with Crippen molar-refractivity contribution in [2.45, 2.75) is 33.3 Å². The number of carbonyl (C=O) groups is 3. The number of hydrogen-bond acceptors (Lipinski definition) is 20. The van der Waals surface area contributed by atoms with Crippen LogP contribution in [0.25, 0.3) is 56.9 Å². The predicted molar refractivity (Wildman–Crippen MR) is 391 cm³/mol. The van der Waals surface area contributed by atoms with Crippen molar-refractivity contribution in [3.63, 3.8) is 0 Å². The number of carbonyl (C=O) groups excluding carboxylic acids is 3. The summed E-state index contributed by atoms with van der Waals surface area (Å²) in [6.45, 7) is 5.20. The van der Waals surface area contributed by atoms with Crippen molar-refractivity contribution in [3.8, 4) is 68.4 Å². The molecule has 0 saturated heterocycles. The van der Waals surface area contributed by atoms with Crippen LogP contribution in [-0.4, -0.2) is 128 Å². The smallest absolute Gasteiger partial charge is 0.323 e. The van der Waals surface area contributed by atoms with Crippen molar-refractivity contribution in [2.24, 2.45) is 0 Å². The normalized spacial score (nSPS) is 10.3. The number of aromatic amines is 5. The Hall–Kier alpha value is -14.4. The van der Waals surface area contributed by atoms with E-state index in [2.05, 4.69) is 149 Å². The van der Waals surface area contributed by atoms with E-state index in [0.717, 1.165) is 80.2 Å². The van der Waals surface area contributed by atoms with Crippen LogP contribution >= 0.6 is 11.6 Å². The predicted octanol–water partition coefficient (Wildman–Crippen LogP) is 13.3. The molecule has 518 valence electrons. The molecule has 0 aliphatic rings. The maximum Gasteiger partial charge on any atom is 0.323 e. The van der Waals surface area contributed by atoms with Gasteiger partial charge in [-0.3, -0.25) is 9.59 Å². The van der Waals surface area contributed by atoms with E-state index in [1.807, 2.05) is 172 Å². The van der Waals surface area contributed by atoms with Gasteiger partial charge in [0.05, 0.1) is 17.3 Å². The largest absolute Gasteiger partial charge is 0.494 e. The molecule has 0 fully saturated rings. The highest BCUT2D eigenvalue weighted by molar-refractivity contribution is 6.34. The number of urea groups is 1. The van der Waals surface area contributed by atoms with Crippen molar-refractivity contribution in [3.05, 3.63) is 293 Å². The fraction of sp³-hybridized carbons (Fsp3) is 0.0811. The zero-order valence-corrected chi connectivity index (χ0v) is 56.5. The molecule has 4 amide bonds. The van der Waals surface area contributed by atoms with Crippen LogP contribution in [0.3, 0.4) is 0 Å². The van der Waals surface area contributed by atoms with Crippen LogP contribution in [0.4, 0.5) is 27.5 Å². The van der Waals surface area contributed by atoms with Gasteiger partial charge in [-0.15, -0.1) is 51.0 Å². The van der Waals surface area contributed by atoms with E-state index in [1.54, 1.807) is 72.8 Å². The monoisotopic (exact) mass is 1400 g/mol. The number of para-hydroxylation sites is 1. The molecule has 104 heavy (non-hydrogen) atoms. The highest BCUT2D eigenvalue weighted by atomic mass is 35.5. The van der Waals surface area contributed by atoms with Crippen LogP contribution in [0.1, 0.15) is 49.4 Å². The van der Waals surface area contributed by atoms with Crippen LogP contribution in [0.5, 0.6) is 11.5 Å². The molecule has 0 aliphatic carbocycles. The van der Waals surface area contributed by atoms with Crippen LogP contribution in [0, 0.1) is 13.8 Å². The first-order valence-electron chi connectivity index (χ1n) is 32.1. The Morgan fingerprint density at radius 3 is 1.14 bits per heavy atom. The molecular weight excluding hydrogens is 1340 g/mol. The number of hydrogen-bond donors (Lipinski definition) is 9. The van der Waals surface area contributed by atoms with E-state index in [9.17, 15) is 14.4 Å². The molecule has 30 heteroatoms. The summed E-state index contributed by atoms with van der Waals surface area (Å²) in [5.74, 6) is 3.94. The summed E-state index contributed by atoms with van der Waals surface area (Å²) >= 11 is 6.11. The second-order valence-electron chi connectivity index (χ2n) is 22.4. The van der Waals surface area contributed by atoms with Crippen LogP contribution in [-0.2, 0) is 13.0 Å². The second kappa shape index (κ2) is 37.0. The Morgan fingerprint density at radius 1 is 0.365 bits per heavy atom. The first-order valence-corrected chi connectivity index (χ1v) is 32.5. The minimum absolute atomic E-state index is 0.154. The Labute approximate surface area is 599 Å². The zero-order chi connectivity index (χ0) is 71.9.